The summed E-state index contributed by atoms with van der Waals surface area (Å²) in [5.74, 6) is 0.564. The Bertz CT molecular complexity index is 629. The van der Waals surface area contributed by atoms with Crippen LogP contribution in [0.3, 0.4) is 0 Å². The van der Waals surface area contributed by atoms with Crippen LogP contribution in [-0.2, 0) is 11.3 Å². The normalized spacial score (nSPS) is 10.3. The molecule has 0 saturated carbocycles. The summed E-state index contributed by atoms with van der Waals surface area (Å²) in [5, 5.41) is 9.47. The Balaban J connectivity index is 2.46. The van der Waals surface area contributed by atoms with E-state index in [0.717, 1.165) is 11.1 Å². The number of amides is 1. The molecule has 2 aromatic rings. The fourth-order valence-electron chi connectivity index (χ4n) is 1.69. The fraction of sp³-hybridized carbons (Fsp3) is 0.250. The zero-order valence-electron chi connectivity index (χ0n) is 10.2. The molecule has 5 nitrogen and oxygen atoms in total. The van der Waals surface area contributed by atoms with Gasteiger partial charge in [-0.25, -0.2) is 0 Å². The second kappa shape index (κ2) is 5.14. The number of aryl methyl sites for hydroxylation is 1. The zero-order valence-corrected chi connectivity index (χ0v) is 11.0. The van der Waals surface area contributed by atoms with Gasteiger partial charge in [0.2, 0.25) is 5.91 Å². The molecule has 2 N–H and O–H groups in total. The molecule has 0 fully saturated rings. The first-order valence-electron chi connectivity index (χ1n) is 5.54. The lowest BCUT2D eigenvalue weighted by atomic mass is 10.1. The van der Waals surface area contributed by atoms with Crippen molar-refractivity contribution in [2.24, 2.45) is 0 Å². The topological polar surface area (TPSA) is 62.7 Å². The highest BCUT2D eigenvalue weighted by atomic mass is 32.1. The van der Waals surface area contributed by atoms with Crippen molar-refractivity contribution in [2.45, 2.75) is 13.5 Å². The molecule has 0 radical (unpaired) electrons. The van der Waals surface area contributed by atoms with Gasteiger partial charge in [-0.15, -0.1) is 0 Å². The average Bonchev–Trinajstić information content (AvgIpc) is 2.71. The first kappa shape index (κ1) is 12.5. The highest BCUT2D eigenvalue weighted by molar-refractivity contribution is 7.71. The highest BCUT2D eigenvalue weighted by Crippen LogP contribution is 2.18. The van der Waals surface area contributed by atoms with Crippen LogP contribution < -0.4 is 5.32 Å². The molecule has 18 heavy (non-hydrogen) atoms. The van der Waals surface area contributed by atoms with Crippen molar-refractivity contribution in [1.82, 2.24) is 20.1 Å². The lowest BCUT2D eigenvalue weighted by molar-refractivity contribution is -0.121. The Morgan fingerprint density at radius 1 is 1.56 bits per heavy atom. The monoisotopic (exact) mass is 262 g/mol. The molecule has 1 heterocycles. The van der Waals surface area contributed by atoms with E-state index in [1.165, 1.54) is 0 Å². The summed E-state index contributed by atoms with van der Waals surface area (Å²) in [5.41, 5.74) is 2.07. The van der Waals surface area contributed by atoms with Crippen LogP contribution in [0.2, 0.25) is 0 Å². The van der Waals surface area contributed by atoms with Crippen LogP contribution in [0.25, 0.3) is 11.4 Å². The second-order valence-corrected chi connectivity index (χ2v) is 4.37. The zero-order chi connectivity index (χ0) is 13.1. The number of nitrogens with zero attached hydrogens (tertiary/aromatic N) is 2. The van der Waals surface area contributed by atoms with Gasteiger partial charge >= 0.3 is 0 Å². The van der Waals surface area contributed by atoms with Crippen LogP contribution in [0, 0.1) is 11.7 Å². The third-order valence-corrected chi connectivity index (χ3v) is 2.93. The molecule has 1 aromatic carbocycles. The molecule has 0 bridgehead atoms. The molecule has 0 aliphatic carbocycles. The van der Waals surface area contributed by atoms with Crippen LogP contribution in [0.4, 0.5) is 0 Å². The van der Waals surface area contributed by atoms with Crippen LogP contribution >= 0.6 is 12.2 Å². The maximum absolute atomic E-state index is 11.5. The SMILES string of the molecule is CNC(=O)Cn1c(-c2cccc(C)c2)n[nH]c1=S. The summed E-state index contributed by atoms with van der Waals surface area (Å²) in [6.07, 6.45) is 0. The maximum Gasteiger partial charge on any atom is 0.239 e. The van der Waals surface area contributed by atoms with Crippen molar-refractivity contribution in [3.63, 3.8) is 0 Å². The van der Waals surface area contributed by atoms with Gasteiger partial charge in [0.1, 0.15) is 6.54 Å². The predicted molar refractivity (Wildman–Crippen MR) is 71.7 cm³/mol. The molecule has 0 atom stereocenters. The van der Waals surface area contributed by atoms with Gasteiger partial charge in [0.05, 0.1) is 0 Å². The number of nitrogens with one attached hydrogen (secondary N) is 2. The van der Waals surface area contributed by atoms with E-state index in [1.54, 1.807) is 11.6 Å². The first-order valence-corrected chi connectivity index (χ1v) is 5.95. The second-order valence-electron chi connectivity index (χ2n) is 3.98. The first-order chi connectivity index (χ1) is 8.61. The summed E-state index contributed by atoms with van der Waals surface area (Å²) < 4.78 is 2.12. The lowest BCUT2D eigenvalue weighted by Crippen LogP contribution is -2.23. The van der Waals surface area contributed by atoms with E-state index in [2.05, 4.69) is 15.5 Å². The summed E-state index contributed by atoms with van der Waals surface area (Å²) in [6, 6.07) is 7.91. The summed E-state index contributed by atoms with van der Waals surface area (Å²) in [4.78, 5) is 11.5. The Morgan fingerprint density at radius 2 is 2.33 bits per heavy atom. The average molecular weight is 262 g/mol. The Kier molecular flexibility index (Phi) is 3.57. The van der Waals surface area contributed by atoms with Gasteiger partial charge in [0.25, 0.3) is 0 Å². The number of carbonyl (C=O) groups excluding carboxylic acids is 1. The summed E-state index contributed by atoms with van der Waals surface area (Å²) in [6.45, 7) is 2.17. The standard InChI is InChI=1S/C12H14N4OS/c1-8-4-3-5-9(6-8)11-14-15-12(18)16(11)7-10(17)13-2/h3-6H,7H2,1-2H3,(H,13,17)(H,15,18). The van der Waals surface area contributed by atoms with Crippen molar-refractivity contribution in [1.29, 1.82) is 0 Å². The number of benzene rings is 1. The van der Waals surface area contributed by atoms with Gasteiger partial charge in [-0.1, -0.05) is 23.8 Å². The van der Waals surface area contributed by atoms with Gasteiger partial charge < -0.3 is 5.32 Å². The molecule has 0 aliphatic heterocycles. The van der Waals surface area contributed by atoms with Crippen LogP contribution in [-0.4, -0.2) is 27.7 Å². The van der Waals surface area contributed by atoms with Gasteiger partial charge in [-0.05, 0) is 25.2 Å². The van der Waals surface area contributed by atoms with Gasteiger partial charge in [0.15, 0.2) is 10.6 Å². The number of aromatic nitrogens is 3. The molecule has 1 aromatic heterocycles. The number of likely N-dealkylation sites (N-methyl/N-ethyl adjacent to an activating group) is 1. The molecule has 94 valence electrons. The number of aromatic amines is 1. The van der Waals surface area contributed by atoms with Crippen molar-refractivity contribution in [2.75, 3.05) is 7.05 Å². The van der Waals surface area contributed by atoms with Gasteiger partial charge in [-0.3, -0.25) is 14.5 Å². The molecule has 0 unspecified atom stereocenters. The largest absolute Gasteiger partial charge is 0.358 e. The summed E-state index contributed by atoms with van der Waals surface area (Å²) in [7, 11) is 1.60. The number of carbonyl (C=O) groups is 1. The van der Waals surface area contributed by atoms with E-state index in [4.69, 9.17) is 12.2 Å². The molecule has 1 amide bonds. The molecular formula is C12H14N4OS. The molecule has 0 saturated heterocycles. The highest BCUT2D eigenvalue weighted by Gasteiger charge is 2.11. The fourth-order valence-corrected chi connectivity index (χ4v) is 1.89. The summed E-state index contributed by atoms with van der Waals surface area (Å²) >= 11 is 5.14. The molecular weight excluding hydrogens is 248 g/mol. The van der Waals surface area contributed by atoms with E-state index >= 15 is 0 Å². The molecule has 2 rings (SSSR count). The minimum absolute atomic E-state index is 0.110. The van der Waals surface area contributed by atoms with Crippen molar-refractivity contribution in [3.05, 3.63) is 34.6 Å². The number of hydrogen-bond acceptors (Lipinski definition) is 3. The third-order valence-electron chi connectivity index (χ3n) is 2.62. The predicted octanol–water partition coefficient (Wildman–Crippen LogP) is 1.66. The van der Waals surface area contributed by atoms with E-state index in [1.807, 2.05) is 31.2 Å². The van der Waals surface area contributed by atoms with Crippen molar-refractivity contribution in [3.8, 4) is 11.4 Å². The Hall–Kier alpha value is -1.95. The Labute approximate surface area is 110 Å². The Morgan fingerprint density at radius 3 is 3.00 bits per heavy atom. The van der Waals surface area contributed by atoms with Crippen molar-refractivity contribution < 1.29 is 4.79 Å². The minimum Gasteiger partial charge on any atom is -0.358 e. The lowest BCUT2D eigenvalue weighted by Gasteiger charge is -2.06. The maximum atomic E-state index is 11.5. The van der Waals surface area contributed by atoms with Crippen LogP contribution in [0.15, 0.2) is 24.3 Å². The van der Waals surface area contributed by atoms with Gasteiger partial charge in [-0.2, -0.15) is 5.10 Å². The minimum atomic E-state index is -0.110. The van der Waals surface area contributed by atoms with E-state index in [-0.39, 0.29) is 12.5 Å². The van der Waals surface area contributed by atoms with E-state index < -0.39 is 0 Å². The third kappa shape index (κ3) is 2.48. The van der Waals surface area contributed by atoms with Crippen LogP contribution in [0.5, 0.6) is 0 Å². The van der Waals surface area contributed by atoms with Gasteiger partial charge in [0, 0.05) is 12.6 Å². The molecule has 6 heteroatoms. The van der Waals surface area contributed by atoms with E-state index in [9.17, 15) is 4.79 Å². The number of H-pyrrole nitrogens is 1. The number of rotatable bonds is 3. The van der Waals surface area contributed by atoms with Crippen LogP contribution in [0.1, 0.15) is 5.56 Å². The van der Waals surface area contributed by atoms with E-state index in [0.29, 0.717) is 10.6 Å². The smallest absolute Gasteiger partial charge is 0.239 e. The molecule has 0 aliphatic rings. The van der Waals surface area contributed by atoms with Crippen molar-refractivity contribution >= 4 is 18.1 Å². The number of hydrogen-bond donors (Lipinski definition) is 2. The quantitative estimate of drug-likeness (QED) is 0.827. The molecule has 0 spiro atoms.